The summed E-state index contributed by atoms with van der Waals surface area (Å²) in [4.78, 5) is 3.22. The van der Waals surface area contributed by atoms with E-state index in [4.69, 9.17) is 5.73 Å². The molecule has 1 aromatic carbocycles. The Kier molecular flexibility index (Phi) is 3.59. The molecule has 3 nitrogen and oxygen atoms in total. The SMILES string of the molecule is CC(CCN)NCc1cccc2[nH]ccc12. The van der Waals surface area contributed by atoms with E-state index < -0.39 is 0 Å². The van der Waals surface area contributed by atoms with Gasteiger partial charge < -0.3 is 16.0 Å². The molecule has 0 radical (unpaired) electrons. The first-order valence-electron chi connectivity index (χ1n) is 5.79. The molecular formula is C13H19N3. The second kappa shape index (κ2) is 5.14. The molecule has 1 aromatic heterocycles. The number of rotatable bonds is 5. The Hall–Kier alpha value is -1.32. The number of aromatic amines is 1. The minimum absolute atomic E-state index is 0.471. The molecule has 0 amide bonds. The lowest BCUT2D eigenvalue weighted by Crippen LogP contribution is -2.27. The second-order valence-electron chi connectivity index (χ2n) is 4.22. The zero-order chi connectivity index (χ0) is 11.4. The van der Waals surface area contributed by atoms with Gasteiger partial charge in [-0.15, -0.1) is 0 Å². The largest absolute Gasteiger partial charge is 0.361 e. The predicted octanol–water partition coefficient (Wildman–Crippen LogP) is 1.99. The summed E-state index contributed by atoms with van der Waals surface area (Å²) in [5.41, 5.74) is 8.06. The van der Waals surface area contributed by atoms with Crippen molar-refractivity contribution in [2.24, 2.45) is 5.73 Å². The molecule has 0 fully saturated rings. The topological polar surface area (TPSA) is 53.8 Å². The lowest BCUT2D eigenvalue weighted by Gasteiger charge is -2.13. The summed E-state index contributed by atoms with van der Waals surface area (Å²) in [6.07, 6.45) is 3.00. The van der Waals surface area contributed by atoms with Gasteiger partial charge in [0.15, 0.2) is 0 Å². The number of hydrogen-bond donors (Lipinski definition) is 3. The van der Waals surface area contributed by atoms with Crippen molar-refractivity contribution in [3.8, 4) is 0 Å². The van der Waals surface area contributed by atoms with Crippen LogP contribution in [0.15, 0.2) is 30.5 Å². The lowest BCUT2D eigenvalue weighted by molar-refractivity contribution is 0.521. The number of nitrogens with two attached hydrogens (primary N) is 1. The Morgan fingerprint density at radius 3 is 3.06 bits per heavy atom. The van der Waals surface area contributed by atoms with E-state index in [1.165, 1.54) is 16.5 Å². The summed E-state index contributed by atoms with van der Waals surface area (Å²) in [5.74, 6) is 0. The van der Waals surface area contributed by atoms with Crippen LogP contribution < -0.4 is 11.1 Å². The third-order valence-electron chi connectivity index (χ3n) is 2.93. The van der Waals surface area contributed by atoms with Crippen LogP contribution in [-0.4, -0.2) is 17.6 Å². The van der Waals surface area contributed by atoms with E-state index in [9.17, 15) is 0 Å². The summed E-state index contributed by atoms with van der Waals surface area (Å²) in [6.45, 7) is 3.81. The zero-order valence-corrected chi connectivity index (χ0v) is 9.66. The van der Waals surface area contributed by atoms with Crippen molar-refractivity contribution in [2.45, 2.75) is 25.9 Å². The Morgan fingerprint density at radius 2 is 2.25 bits per heavy atom. The van der Waals surface area contributed by atoms with Gasteiger partial charge in [-0.3, -0.25) is 0 Å². The van der Waals surface area contributed by atoms with Crippen molar-refractivity contribution in [1.82, 2.24) is 10.3 Å². The molecule has 0 aliphatic rings. The van der Waals surface area contributed by atoms with E-state index >= 15 is 0 Å². The highest BCUT2D eigenvalue weighted by atomic mass is 14.9. The number of nitrogens with one attached hydrogen (secondary N) is 2. The standard InChI is InChI=1S/C13H19N3/c1-10(5-7-14)16-9-11-3-2-4-13-12(11)6-8-15-13/h2-4,6,8,10,15-16H,5,7,9,14H2,1H3. The van der Waals surface area contributed by atoms with Crippen molar-refractivity contribution in [3.05, 3.63) is 36.0 Å². The van der Waals surface area contributed by atoms with Crippen molar-refractivity contribution in [1.29, 1.82) is 0 Å². The predicted molar refractivity (Wildman–Crippen MR) is 68.3 cm³/mol. The molecule has 1 unspecified atom stereocenters. The number of H-pyrrole nitrogens is 1. The molecule has 2 aromatic rings. The maximum Gasteiger partial charge on any atom is 0.0457 e. The molecule has 1 heterocycles. The average molecular weight is 217 g/mol. The second-order valence-corrected chi connectivity index (χ2v) is 4.22. The van der Waals surface area contributed by atoms with Crippen molar-refractivity contribution in [3.63, 3.8) is 0 Å². The van der Waals surface area contributed by atoms with Gasteiger partial charge in [-0.25, -0.2) is 0 Å². The van der Waals surface area contributed by atoms with Crippen molar-refractivity contribution in [2.75, 3.05) is 6.54 Å². The van der Waals surface area contributed by atoms with E-state index in [-0.39, 0.29) is 0 Å². The maximum absolute atomic E-state index is 5.53. The van der Waals surface area contributed by atoms with Gasteiger partial charge in [-0.2, -0.15) is 0 Å². The van der Waals surface area contributed by atoms with Crippen LogP contribution in [0.5, 0.6) is 0 Å². The lowest BCUT2D eigenvalue weighted by atomic mass is 10.1. The smallest absolute Gasteiger partial charge is 0.0457 e. The van der Waals surface area contributed by atoms with Crippen LogP contribution in [0.25, 0.3) is 10.9 Å². The summed E-state index contributed by atoms with van der Waals surface area (Å²) in [7, 11) is 0. The third kappa shape index (κ3) is 2.43. The molecule has 0 bridgehead atoms. The van der Waals surface area contributed by atoms with Crippen LogP contribution in [0.1, 0.15) is 18.9 Å². The first-order valence-corrected chi connectivity index (χ1v) is 5.79. The van der Waals surface area contributed by atoms with Gasteiger partial charge in [0.05, 0.1) is 0 Å². The van der Waals surface area contributed by atoms with Gasteiger partial charge in [-0.1, -0.05) is 12.1 Å². The fourth-order valence-corrected chi connectivity index (χ4v) is 1.94. The summed E-state index contributed by atoms with van der Waals surface area (Å²) in [6, 6.07) is 8.95. The Balaban J connectivity index is 2.06. The Morgan fingerprint density at radius 1 is 1.38 bits per heavy atom. The molecule has 1 atom stereocenters. The molecule has 16 heavy (non-hydrogen) atoms. The quantitative estimate of drug-likeness (QED) is 0.717. The zero-order valence-electron chi connectivity index (χ0n) is 9.66. The van der Waals surface area contributed by atoms with Crippen LogP contribution in [0, 0.1) is 0 Å². The monoisotopic (exact) mass is 217 g/mol. The minimum Gasteiger partial charge on any atom is -0.361 e. The molecule has 86 valence electrons. The fraction of sp³-hybridized carbons (Fsp3) is 0.385. The summed E-state index contributed by atoms with van der Waals surface area (Å²) >= 11 is 0. The minimum atomic E-state index is 0.471. The average Bonchev–Trinajstić information content (AvgIpc) is 2.75. The molecule has 0 aliphatic carbocycles. The highest BCUT2D eigenvalue weighted by molar-refractivity contribution is 5.82. The number of benzene rings is 1. The van der Waals surface area contributed by atoms with E-state index in [1.807, 2.05) is 6.20 Å². The number of aromatic nitrogens is 1. The molecule has 0 aliphatic heterocycles. The Labute approximate surface area is 96.0 Å². The van der Waals surface area contributed by atoms with Gasteiger partial charge in [0.2, 0.25) is 0 Å². The van der Waals surface area contributed by atoms with Gasteiger partial charge in [0, 0.05) is 29.7 Å². The van der Waals surface area contributed by atoms with E-state index in [1.54, 1.807) is 0 Å². The molecule has 0 saturated heterocycles. The van der Waals surface area contributed by atoms with Gasteiger partial charge in [-0.05, 0) is 37.6 Å². The first-order chi connectivity index (χ1) is 7.81. The number of hydrogen-bond acceptors (Lipinski definition) is 2. The fourth-order valence-electron chi connectivity index (χ4n) is 1.94. The Bertz CT molecular complexity index is 447. The first kappa shape index (κ1) is 11.2. The normalized spacial score (nSPS) is 13.1. The highest BCUT2D eigenvalue weighted by Crippen LogP contribution is 2.17. The highest BCUT2D eigenvalue weighted by Gasteiger charge is 2.03. The van der Waals surface area contributed by atoms with E-state index in [0.29, 0.717) is 6.04 Å². The molecule has 4 N–H and O–H groups in total. The maximum atomic E-state index is 5.53. The molecular weight excluding hydrogens is 198 g/mol. The number of fused-ring (bicyclic) bond motifs is 1. The molecule has 0 spiro atoms. The summed E-state index contributed by atoms with van der Waals surface area (Å²) < 4.78 is 0. The van der Waals surface area contributed by atoms with Crippen LogP contribution >= 0.6 is 0 Å². The van der Waals surface area contributed by atoms with Crippen molar-refractivity contribution >= 4 is 10.9 Å². The molecule has 0 saturated carbocycles. The third-order valence-corrected chi connectivity index (χ3v) is 2.93. The summed E-state index contributed by atoms with van der Waals surface area (Å²) in [5, 5.41) is 4.79. The molecule has 2 rings (SSSR count). The van der Waals surface area contributed by atoms with Crippen LogP contribution in [0.4, 0.5) is 0 Å². The molecule has 3 heteroatoms. The van der Waals surface area contributed by atoms with Crippen molar-refractivity contribution < 1.29 is 0 Å². The van der Waals surface area contributed by atoms with E-state index in [2.05, 4.69) is 41.5 Å². The van der Waals surface area contributed by atoms with Crippen LogP contribution in [-0.2, 0) is 6.54 Å². The van der Waals surface area contributed by atoms with Crippen LogP contribution in [0.3, 0.4) is 0 Å². The van der Waals surface area contributed by atoms with Gasteiger partial charge in [0.1, 0.15) is 0 Å². The van der Waals surface area contributed by atoms with E-state index in [0.717, 1.165) is 19.5 Å². The van der Waals surface area contributed by atoms with Crippen LogP contribution in [0.2, 0.25) is 0 Å². The van der Waals surface area contributed by atoms with Gasteiger partial charge in [0.25, 0.3) is 0 Å². The van der Waals surface area contributed by atoms with Gasteiger partial charge >= 0.3 is 0 Å².